The summed E-state index contributed by atoms with van der Waals surface area (Å²) in [4.78, 5) is 0. The standard InChI is InChI=1S/C12H27NO2Si/c1-4-14-16(3,15-5-2)11-9-12-8-6-7-10-13-12/h12-13H,4-11H2,1-3H3. The molecule has 0 radical (unpaired) electrons. The zero-order chi connectivity index (χ0) is 11.9. The van der Waals surface area contributed by atoms with E-state index in [2.05, 4.69) is 25.7 Å². The summed E-state index contributed by atoms with van der Waals surface area (Å²) in [5.41, 5.74) is 0. The van der Waals surface area contributed by atoms with Gasteiger partial charge in [-0.15, -0.1) is 0 Å². The van der Waals surface area contributed by atoms with Crippen molar-refractivity contribution >= 4 is 8.56 Å². The van der Waals surface area contributed by atoms with Crippen molar-refractivity contribution in [2.24, 2.45) is 0 Å². The number of piperidine rings is 1. The van der Waals surface area contributed by atoms with E-state index in [0.717, 1.165) is 19.3 Å². The van der Waals surface area contributed by atoms with Crippen molar-refractivity contribution in [3.63, 3.8) is 0 Å². The van der Waals surface area contributed by atoms with Gasteiger partial charge in [-0.1, -0.05) is 6.42 Å². The van der Waals surface area contributed by atoms with Gasteiger partial charge in [-0.05, 0) is 52.2 Å². The van der Waals surface area contributed by atoms with Gasteiger partial charge in [-0.25, -0.2) is 0 Å². The number of hydrogen-bond donors (Lipinski definition) is 1. The van der Waals surface area contributed by atoms with Gasteiger partial charge >= 0.3 is 8.56 Å². The fourth-order valence-electron chi connectivity index (χ4n) is 2.40. The lowest BCUT2D eigenvalue weighted by atomic mass is 10.0. The van der Waals surface area contributed by atoms with Crippen LogP contribution in [0.2, 0.25) is 12.6 Å². The molecule has 0 aromatic carbocycles. The third-order valence-corrected chi connectivity index (χ3v) is 6.25. The molecule has 0 bridgehead atoms. The van der Waals surface area contributed by atoms with Gasteiger partial charge in [0.15, 0.2) is 0 Å². The molecule has 4 heteroatoms. The zero-order valence-corrected chi connectivity index (χ0v) is 12.1. The summed E-state index contributed by atoms with van der Waals surface area (Å²) in [5, 5.41) is 3.59. The van der Waals surface area contributed by atoms with Gasteiger partial charge in [0.1, 0.15) is 0 Å². The summed E-state index contributed by atoms with van der Waals surface area (Å²) >= 11 is 0. The Morgan fingerprint density at radius 1 is 1.19 bits per heavy atom. The highest BCUT2D eigenvalue weighted by atomic mass is 28.4. The van der Waals surface area contributed by atoms with Crippen LogP contribution in [0.4, 0.5) is 0 Å². The van der Waals surface area contributed by atoms with Gasteiger partial charge in [-0.2, -0.15) is 0 Å². The molecule has 96 valence electrons. The van der Waals surface area contributed by atoms with Crippen LogP contribution in [-0.4, -0.2) is 34.4 Å². The number of rotatable bonds is 7. The van der Waals surface area contributed by atoms with Gasteiger partial charge < -0.3 is 14.2 Å². The Hall–Kier alpha value is 0.0969. The van der Waals surface area contributed by atoms with Gasteiger partial charge in [0.05, 0.1) is 0 Å². The van der Waals surface area contributed by atoms with Crippen LogP contribution in [0, 0.1) is 0 Å². The predicted molar refractivity (Wildman–Crippen MR) is 69.9 cm³/mol. The molecule has 0 saturated carbocycles. The van der Waals surface area contributed by atoms with Crippen molar-refractivity contribution in [3.8, 4) is 0 Å². The fourth-order valence-corrected chi connectivity index (χ4v) is 4.87. The highest BCUT2D eigenvalue weighted by Gasteiger charge is 2.31. The lowest BCUT2D eigenvalue weighted by Gasteiger charge is -2.29. The SMILES string of the molecule is CCO[Si](C)(CCC1CCCCN1)OCC. The highest BCUT2D eigenvalue weighted by molar-refractivity contribution is 6.66. The van der Waals surface area contributed by atoms with Crippen molar-refractivity contribution < 1.29 is 8.85 Å². The van der Waals surface area contributed by atoms with E-state index < -0.39 is 8.56 Å². The molecule has 0 aliphatic carbocycles. The molecule has 0 amide bonds. The molecule has 0 spiro atoms. The second-order valence-corrected chi connectivity index (χ2v) is 8.03. The molecule has 1 rings (SSSR count). The first-order valence-corrected chi connectivity index (χ1v) is 9.24. The molecule has 0 aromatic heterocycles. The molecule has 16 heavy (non-hydrogen) atoms. The maximum absolute atomic E-state index is 5.85. The van der Waals surface area contributed by atoms with Crippen LogP contribution in [0.15, 0.2) is 0 Å². The largest absolute Gasteiger partial charge is 0.395 e. The maximum atomic E-state index is 5.85. The van der Waals surface area contributed by atoms with Crippen molar-refractivity contribution in [3.05, 3.63) is 0 Å². The van der Waals surface area contributed by atoms with E-state index in [9.17, 15) is 0 Å². The smallest absolute Gasteiger partial charge is 0.334 e. The molecule has 1 heterocycles. The molecule has 0 aromatic rings. The number of hydrogen-bond acceptors (Lipinski definition) is 3. The Bertz CT molecular complexity index is 178. The third kappa shape index (κ3) is 4.95. The lowest BCUT2D eigenvalue weighted by molar-refractivity contribution is 0.186. The minimum atomic E-state index is -1.87. The molecule has 1 aliphatic rings. The lowest BCUT2D eigenvalue weighted by Crippen LogP contribution is -2.42. The van der Waals surface area contributed by atoms with Crippen LogP contribution in [-0.2, 0) is 8.85 Å². The van der Waals surface area contributed by atoms with E-state index in [0.29, 0.717) is 6.04 Å². The van der Waals surface area contributed by atoms with Crippen molar-refractivity contribution in [1.29, 1.82) is 0 Å². The van der Waals surface area contributed by atoms with Gasteiger partial charge in [0, 0.05) is 19.3 Å². The molecular formula is C12H27NO2Si. The molecule has 1 atom stereocenters. The first-order chi connectivity index (χ1) is 7.70. The van der Waals surface area contributed by atoms with Crippen LogP contribution in [0.3, 0.4) is 0 Å². The topological polar surface area (TPSA) is 30.5 Å². The fraction of sp³-hybridized carbons (Fsp3) is 1.00. The highest BCUT2D eigenvalue weighted by Crippen LogP contribution is 2.20. The van der Waals surface area contributed by atoms with Crippen molar-refractivity contribution in [2.45, 2.75) is 58.2 Å². The monoisotopic (exact) mass is 245 g/mol. The average molecular weight is 245 g/mol. The summed E-state index contributed by atoms with van der Waals surface area (Å²) in [6.07, 6.45) is 5.24. The van der Waals surface area contributed by atoms with Crippen molar-refractivity contribution in [1.82, 2.24) is 5.32 Å². The van der Waals surface area contributed by atoms with E-state index in [4.69, 9.17) is 8.85 Å². The average Bonchev–Trinajstić information content (AvgIpc) is 2.29. The zero-order valence-electron chi connectivity index (χ0n) is 11.1. The van der Waals surface area contributed by atoms with Crippen LogP contribution in [0.25, 0.3) is 0 Å². The summed E-state index contributed by atoms with van der Waals surface area (Å²) in [6, 6.07) is 1.81. The summed E-state index contributed by atoms with van der Waals surface area (Å²) < 4.78 is 11.7. The van der Waals surface area contributed by atoms with Gasteiger partial charge in [-0.3, -0.25) is 0 Å². The summed E-state index contributed by atoms with van der Waals surface area (Å²) in [5.74, 6) is 0. The Morgan fingerprint density at radius 3 is 2.38 bits per heavy atom. The van der Waals surface area contributed by atoms with Gasteiger partial charge in [0.2, 0.25) is 0 Å². The minimum Gasteiger partial charge on any atom is -0.395 e. The predicted octanol–water partition coefficient (Wildman–Crippen LogP) is 2.66. The second-order valence-electron chi connectivity index (χ2n) is 4.69. The van der Waals surface area contributed by atoms with Crippen LogP contribution >= 0.6 is 0 Å². The second kappa shape index (κ2) is 7.43. The van der Waals surface area contributed by atoms with E-state index in [1.165, 1.54) is 32.2 Å². The maximum Gasteiger partial charge on any atom is 0.334 e. The normalized spacial score (nSPS) is 22.3. The number of nitrogens with one attached hydrogen (secondary N) is 1. The molecule has 1 aliphatic heterocycles. The summed E-state index contributed by atoms with van der Waals surface area (Å²) in [7, 11) is -1.87. The van der Waals surface area contributed by atoms with E-state index >= 15 is 0 Å². The van der Waals surface area contributed by atoms with Crippen LogP contribution in [0.1, 0.15) is 39.5 Å². The summed E-state index contributed by atoms with van der Waals surface area (Å²) in [6.45, 7) is 9.06. The Labute approximate surface area is 101 Å². The van der Waals surface area contributed by atoms with Crippen LogP contribution in [0.5, 0.6) is 0 Å². The molecule has 3 nitrogen and oxygen atoms in total. The first-order valence-electron chi connectivity index (χ1n) is 6.71. The molecule has 1 saturated heterocycles. The Morgan fingerprint density at radius 2 is 1.88 bits per heavy atom. The van der Waals surface area contributed by atoms with Crippen molar-refractivity contribution in [2.75, 3.05) is 19.8 Å². The molecule has 1 fully saturated rings. The molecule has 1 unspecified atom stereocenters. The Kier molecular flexibility index (Phi) is 6.57. The van der Waals surface area contributed by atoms with Crippen LogP contribution < -0.4 is 5.32 Å². The van der Waals surface area contributed by atoms with Gasteiger partial charge in [0.25, 0.3) is 0 Å². The molecular weight excluding hydrogens is 218 g/mol. The van der Waals surface area contributed by atoms with E-state index in [1.807, 2.05) is 0 Å². The molecule has 1 N–H and O–H groups in total. The third-order valence-electron chi connectivity index (χ3n) is 3.26. The Balaban J connectivity index is 2.30. The quantitative estimate of drug-likeness (QED) is 0.700. The van der Waals surface area contributed by atoms with E-state index in [1.54, 1.807) is 0 Å². The first kappa shape index (κ1) is 14.2. The van der Waals surface area contributed by atoms with E-state index in [-0.39, 0.29) is 0 Å². The minimum absolute atomic E-state index is 0.696.